The standard InChI is InChI=1S/C24H28N2O2/c1-25(2)14-20-21-15-26(16-24(21)12-11-22(20)28-24)23(27)19-10-6-9-18(13-19)17-7-4-3-5-8-17/h3-10,13,20-22H,11-12,14-16H2,1-2H3/t20-,21+,22+,24+/m0/s1. The van der Waals surface area contributed by atoms with Crippen molar-refractivity contribution < 1.29 is 9.53 Å². The molecule has 3 saturated heterocycles. The minimum absolute atomic E-state index is 0.0992. The molecule has 28 heavy (non-hydrogen) atoms. The van der Waals surface area contributed by atoms with Crippen molar-refractivity contribution in [2.75, 3.05) is 33.7 Å². The Balaban J connectivity index is 1.38. The van der Waals surface area contributed by atoms with Gasteiger partial charge in [0.2, 0.25) is 0 Å². The fraction of sp³-hybridized carbons (Fsp3) is 0.458. The molecule has 2 aromatic carbocycles. The maximum absolute atomic E-state index is 13.3. The topological polar surface area (TPSA) is 32.8 Å². The first-order chi connectivity index (χ1) is 13.6. The first kappa shape index (κ1) is 17.9. The fourth-order valence-corrected chi connectivity index (χ4v) is 5.66. The van der Waals surface area contributed by atoms with Crippen molar-refractivity contribution in [2.45, 2.75) is 24.5 Å². The first-order valence-corrected chi connectivity index (χ1v) is 10.3. The Kier molecular flexibility index (Phi) is 4.29. The molecular weight excluding hydrogens is 348 g/mol. The molecule has 2 aromatic rings. The summed E-state index contributed by atoms with van der Waals surface area (Å²) in [4.78, 5) is 17.6. The average molecular weight is 377 g/mol. The van der Waals surface area contributed by atoms with Crippen LogP contribution in [0.15, 0.2) is 54.6 Å². The zero-order valence-corrected chi connectivity index (χ0v) is 16.7. The molecule has 0 radical (unpaired) electrons. The molecule has 0 saturated carbocycles. The van der Waals surface area contributed by atoms with Crippen molar-refractivity contribution in [3.63, 3.8) is 0 Å². The largest absolute Gasteiger partial charge is 0.369 e. The second-order valence-corrected chi connectivity index (χ2v) is 8.92. The summed E-state index contributed by atoms with van der Waals surface area (Å²) < 4.78 is 6.49. The molecule has 3 aliphatic rings. The van der Waals surface area contributed by atoms with Crippen LogP contribution in [0.4, 0.5) is 0 Å². The lowest BCUT2D eigenvalue weighted by molar-refractivity contribution is 0.00256. The minimum atomic E-state index is -0.0992. The molecule has 3 fully saturated rings. The van der Waals surface area contributed by atoms with Gasteiger partial charge in [0, 0.05) is 30.5 Å². The molecule has 5 rings (SSSR count). The van der Waals surface area contributed by atoms with Crippen LogP contribution in [0.2, 0.25) is 0 Å². The molecule has 4 heteroatoms. The summed E-state index contributed by atoms with van der Waals surface area (Å²) in [6.07, 6.45) is 2.62. The molecule has 1 amide bonds. The van der Waals surface area contributed by atoms with E-state index in [-0.39, 0.29) is 11.5 Å². The number of hydrogen-bond acceptors (Lipinski definition) is 3. The van der Waals surface area contributed by atoms with Gasteiger partial charge < -0.3 is 14.5 Å². The van der Waals surface area contributed by atoms with Crippen LogP contribution < -0.4 is 0 Å². The third-order valence-corrected chi connectivity index (χ3v) is 6.86. The maximum atomic E-state index is 13.3. The van der Waals surface area contributed by atoms with Crippen LogP contribution in [0.5, 0.6) is 0 Å². The van der Waals surface area contributed by atoms with Gasteiger partial charge in [-0.25, -0.2) is 0 Å². The Morgan fingerprint density at radius 3 is 2.71 bits per heavy atom. The van der Waals surface area contributed by atoms with E-state index in [1.54, 1.807) is 0 Å². The summed E-state index contributed by atoms with van der Waals surface area (Å²) in [6.45, 7) is 2.61. The lowest BCUT2D eigenvalue weighted by Crippen LogP contribution is -2.40. The van der Waals surface area contributed by atoms with E-state index < -0.39 is 0 Å². The minimum Gasteiger partial charge on any atom is -0.369 e. The molecule has 0 aromatic heterocycles. The summed E-state index contributed by atoms with van der Waals surface area (Å²) in [7, 11) is 4.26. The zero-order chi connectivity index (χ0) is 19.3. The molecule has 0 unspecified atom stereocenters. The highest BCUT2D eigenvalue weighted by Crippen LogP contribution is 2.55. The maximum Gasteiger partial charge on any atom is 0.253 e. The van der Waals surface area contributed by atoms with Crippen LogP contribution in [-0.2, 0) is 4.74 Å². The quantitative estimate of drug-likeness (QED) is 0.818. The second kappa shape index (κ2) is 6.71. The van der Waals surface area contributed by atoms with E-state index in [1.807, 2.05) is 41.3 Å². The predicted molar refractivity (Wildman–Crippen MR) is 110 cm³/mol. The number of hydrogen-bond donors (Lipinski definition) is 0. The monoisotopic (exact) mass is 376 g/mol. The van der Waals surface area contributed by atoms with Gasteiger partial charge in [0.1, 0.15) is 0 Å². The molecular formula is C24H28N2O2. The van der Waals surface area contributed by atoms with Crippen LogP contribution in [0.25, 0.3) is 11.1 Å². The van der Waals surface area contributed by atoms with Gasteiger partial charge in [0.15, 0.2) is 0 Å². The lowest BCUT2D eigenvalue weighted by atomic mass is 9.73. The van der Waals surface area contributed by atoms with E-state index in [4.69, 9.17) is 4.74 Å². The Bertz CT molecular complexity index is 881. The highest BCUT2D eigenvalue weighted by Gasteiger charge is 2.63. The van der Waals surface area contributed by atoms with E-state index >= 15 is 0 Å². The highest BCUT2D eigenvalue weighted by atomic mass is 16.5. The van der Waals surface area contributed by atoms with Gasteiger partial charge in [0.25, 0.3) is 5.91 Å². The number of rotatable bonds is 4. The van der Waals surface area contributed by atoms with Gasteiger partial charge in [0.05, 0.1) is 18.2 Å². The Labute approximate surface area is 167 Å². The number of fused-ring (bicyclic) bond motifs is 1. The summed E-state index contributed by atoms with van der Waals surface area (Å²) >= 11 is 0. The van der Waals surface area contributed by atoms with Crippen molar-refractivity contribution in [2.24, 2.45) is 11.8 Å². The summed E-state index contributed by atoms with van der Waals surface area (Å²) in [6, 6.07) is 18.3. The Morgan fingerprint density at radius 2 is 1.93 bits per heavy atom. The number of nitrogens with zero attached hydrogens (tertiary/aromatic N) is 2. The smallest absolute Gasteiger partial charge is 0.253 e. The summed E-state index contributed by atoms with van der Waals surface area (Å²) in [5.74, 6) is 1.14. The predicted octanol–water partition coefficient (Wildman–Crippen LogP) is 3.53. The molecule has 3 aliphatic heterocycles. The molecule has 146 valence electrons. The molecule has 4 atom stereocenters. The number of likely N-dealkylation sites (tertiary alicyclic amines) is 1. The number of benzene rings is 2. The van der Waals surface area contributed by atoms with Crippen molar-refractivity contribution in [1.82, 2.24) is 9.80 Å². The summed E-state index contributed by atoms with van der Waals surface area (Å²) in [5.41, 5.74) is 2.91. The lowest BCUT2D eigenvalue weighted by Gasteiger charge is -2.30. The summed E-state index contributed by atoms with van der Waals surface area (Å²) in [5, 5.41) is 0. The normalized spacial score (nSPS) is 30.8. The van der Waals surface area contributed by atoms with Gasteiger partial charge in [-0.05, 0) is 50.2 Å². The van der Waals surface area contributed by atoms with E-state index in [0.717, 1.165) is 49.2 Å². The molecule has 4 nitrogen and oxygen atoms in total. The van der Waals surface area contributed by atoms with Gasteiger partial charge in [-0.3, -0.25) is 4.79 Å². The zero-order valence-electron chi connectivity index (χ0n) is 16.7. The molecule has 0 aliphatic carbocycles. The van der Waals surface area contributed by atoms with Crippen molar-refractivity contribution in [3.05, 3.63) is 60.2 Å². The first-order valence-electron chi connectivity index (χ1n) is 10.3. The van der Waals surface area contributed by atoms with Crippen molar-refractivity contribution in [1.29, 1.82) is 0 Å². The van der Waals surface area contributed by atoms with Crippen molar-refractivity contribution >= 4 is 5.91 Å². The molecule has 1 spiro atoms. The van der Waals surface area contributed by atoms with Gasteiger partial charge >= 0.3 is 0 Å². The van der Waals surface area contributed by atoms with E-state index in [9.17, 15) is 4.79 Å². The third-order valence-electron chi connectivity index (χ3n) is 6.86. The van der Waals surface area contributed by atoms with Crippen molar-refractivity contribution in [3.8, 4) is 11.1 Å². The van der Waals surface area contributed by atoms with Crippen LogP contribution in [0, 0.1) is 11.8 Å². The third kappa shape index (κ3) is 2.87. The van der Waals surface area contributed by atoms with Gasteiger partial charge in [-0.1, -0.05) is 42.5 Å². The highest BCUT2D eigenvalue weighted by molar-refractivity contribution is 5.95. The van der Waals surface area contributed by atoms with E-state index in [2.05, 4.69) is 37.2 Å². The van der Waals surface area contributed by atoms with Crippen LogP contribution in [0.3, 0.4) is 0 Å². The van der Waals surface area contributed by atoms with E-state index in [1.165, 1.54) is 0 Å². The molecule has 2 bridgehead atoms. The number of ether oxygens (including phenoxy) is 1. The van der Waals surface area contributed by atoms with Gasteiger partial charge in [-0.2, -0.15) is 0 Å². The van der Waals surface area contributed by atoms with Crippen LogP contribution in [0.1, 0.15) is 23.2 Å². The van der Waals surface area contributed by atoms with Crippen LogP contribution in [-0.4, -0.2) is 61.1 Å². The number of amides is 1. The Morgan fingerprint density at radius 1 is 1.14 bits per heavy atom. The second-order valence-electron chi connectivity index (χ2n) is 8.92. The molecule has 0 N–H and O–H groups in total. The average Bonchev–Trinajstić information content (AvgIpc) is 3.38. The number of carbonyl (C=O) groups is 1. The fourth-order valence-electron chi connectivity index (χ4n) is 5.66. The SMILES string of the molecule is CN(C)C[C@H]1[C@H]2CN(C(=O)c3cccc(-c4ccccc4)c3)C[C@]23CC[C@H]1O3. The Hall–Kier alpha value is -2.17. The van der Waals surface area contributed by atoms with Crippen LogP contribution >= 0.6 is 0 Å². The van der Waals surface area contributed by atoms with Gasteiger partial charge in [-0.15, -0.1) is 0 Å². The molecule has 3 heterocycles. The number of carbonyl (C=O) groups excluding carboxylic acids is 1. The van der Waals surface area contributed by atoms with E-state index in [0.29, 0.717) is 17.9 Å².